The zero-order chi connectivity index (χ0) is 16.1. The summed E-state index contributed by atoms with van der Waals surface area (Å²) in [5.74, 6) is 1.59. The van der Waals surface area contributed by atoms with E-state index in [0.717, 1.165) is 11.1 Å². The Bertz CT molecular complexity index is 626. The van der Waals surface area contributed by atoms with E-state index in [0.29, 0.717) is 36.2 Å². The maximum absolute atomic E-state index is 9.13. The van der Waals surface area contributed by atoms with Crippen molar-refractivity contribution in [2.45, 2.75) is 20.8 Å². The van der Waals surface area contributed by atoms with Gasteiger partial charge >= 0.3 is 0 Å². The van der Waals surface area contributed by atoms with Crippen LogP contribution in [0.15, 0.2) is 24.5 Å². The van der Waals surface area contributed by atoms with Gasteiger partial charge in [-0.25, -0.2) is 4.98 Å². The molecule has 0 aliphatic rings. The predicted molar refractivity (Wildman–Crippen MR) is 87.4 cm³/mol. The molecule has 1 aromatic heterocycles. The lowest BCUT2D eigenvalue weighted by Gasteiger charge is -2.22. The molecule has 0 saturated carbocycles. The molecule has 2 rings (SSSR count). The number of hydrogen-bond acceptors (Lipinski definition) is 6. The third kappa shape index (κ3) is 3.65. The second-order valence-electron chi connectivity index (χ2n) is 5.14. The van der Waals surface area contributed by atoms with Crippen molar-refractivity contribution in [3.05, 3.63) is 35.7 Å². The number of aliphatic hydroxyl groups excluding tert-OH is 1. The maximum atomic E-state index is 9.13. The topological polar surface area (TPSA) is 84.5 Å². The zero-order valence-corrected chi connectivity index (χ0v) is 13.2. The number of likely N-dealkylation sites (N-methyl/N-ethyl adjacent to an activating group) is 1. The lowest BCUT2D eigenvalue weighted by Crippen LogP contribution is -2.28. The van der Waals surface area contributed by atoms with Crippen molar-refractivity contribution in [2.24, 2.45) is 0 Å². The molecule has 0 amide bonds. The van der Waals surface area contributed by atoms with E-state index in [-0.39, 0.29) is 6.61 Å². The summed E-state index contributed by atoms with van der Waals surface area (Å²) in [5, 5.41) is 9.13. The highest BCUT2D eigenvalue weighted by atomic mass is 16.5. The minimum absolute atomic E-state index is 0.0323. The molecule has 6 nitrogen and oxygen atoms in total. The van der Waals surface area contributed by atoms with Crippen LogP contribution < -0.4 is 15.4 Å². The quantitative estimate of drug-likeness (QED) is 0.851. The van der Waals surface area contributed by atoms with Crippen molar-refractivity contribution >= 4 is 11.5 Å². The lowest BCUT2D eigenvalue weighted by atomic mass is 10.1. The van der Waals surface area contributed by atoms with Gasteiger partial charge in [-0.05, 0) is 44.0 Å². The van der Waals surface area contributed by atoms with Crippen LogP contribution in [0.5, 0.6) is 11.6 Å². The highest BCUT2D eigenvalue weighted by Crippen LogP contribution is 2.31. The summed E-state index contributed by atoms with van der Waals surface area (Å²) >= 11 is 0. The fourth-order valence-electron chi connectivity index (χ4n) is 2.34. The number of nitrogen functional groups attached to an aromatic ring is 1. The van der Waals surface area contributed by atoms with Crippen LogP contribution in [0.25, 0.3) is 0 Å². The molecule has 2 aromatic rings. The SMILES string of the molecule is CCN(CCO)c1ncnc(Oc2cc(C)cc(C)c2)c1N. The van der Waals surface area contributed by atoms with Crippen molar-refractivity contribution < 1.29 is 9.84 Å². The zero-order valence-electron chi connectivity index (χ0n) is 13.2. The second-order valence-corrected chi connectivity index (χ2v) is 5.14. The van der Waals surface area contributed by atoms with Gasteiger partial charge in [0.1, 0.15) is 17.8 Å². The Hall–Kier alpha value is -2.34. The summed E-state index contributed by atoms with van der Waals surface area (Å²) in [7, 11) is 0. The highest BCUT2D eigenvalue weighted by molar-refractivity contribution is 5.68. The molecule has 6 heteroatoms. The molecule has 0 atom stereocenters. The summed E-state index contributed by atoms with van der Waals surface area (Å²) in [4.78, 5) is 10.2. The molecule has 0 bridgehead atoms. The molecule has 1 heterocycles. The van der Waals surface area contributed by atoms with E-state index < -0.39 is 0 Å². The molecule has 0 aliphatic heterocycles. The van der Waals surface area contributed by atoms with Crippen molar-refractivity contribution in [1.29, 1.82) is 0 Å². The number of hydrogen-bond donors (Lipinski definition) is 2. The van der Waals surface area contributed by atoms with Crippen molar-refractivity contribution in [3.63, 3.8) is 0 Å². The molecule has 1 aromatic carbocycles. The number of nitrogens with two attached hydrogens (primary N) is 1. The van der Waals surface area contributed by atoms with Gasteiger partial charge in [-0.15, -0.1) is 0 Å². The van der Waals surface area contributed by atoms with Gasteiger partial charge < -0.3 is 20.5 Å². The summed E-state index contributed by atoms with van der Waals surface area (Å²) < 4.78 is 5.82. The van der Waals surface area contributed by atoms with Gasteiger partial charge in [0.15, 0.2) is 5.82 Å². The molecule has 0 aliphatic carbocycles. The van der Waals surface area contributed by atoms with Crippen molar-refractivity contribution in [1.82, 2.24) is 9.97 Å². The van der Waals surface area contributed by atoms with Gasteiger partial charge in [0.2, 0.25) is 5.88 Å². The van der Waals surface area contributed by atoms with Crippen LogP contribution in [0.1, 0.15) is 18.1 Å². The molecule has 3 N–H and O–H groups in total. The summed E-state index contributed by atoms with van der Waals surface area (Å²) in [5.41, 5.74) is 8.73. The Morgan fingerprint density at radius 1 is 1.18 bits per heavy atom. The minimum Gasteiger partial charge on any atom is -0.437 e. The van der Waals surface area contributed by atoms with E-state index in [9.17, 15) is 0 Å². The Morgan fingerprint density at radius 3 is 2.45 bits per heavy atom. The number of aliphatic hydroxyl groups is 1. The summed E-state index contributed by atoms with van der Waals surface area (Å²) in [6, 6.07) is 5.93. The van der Waals surface area contributed by atoms with Crippen molar-refractivity contribution in [3.8, 4) is 11.6 Å². The average molecular weight is 302 g/mol. The molecule has 0 unspecified atom stereocenters. The number of anilines is 2. The molecular formula is C16H22N4O2. The van der Waals surface area contributed by atoms with Crippen molar-refractivity contribution in [2.75, 3.05) is 30.3 Å². The molecule has 0 saturated heterocycles. The lowest BCUT2D eigenvalue weighted by molar-refractivity contribution is 0.302. The molecule has 0 spiro atoms. The maximum Gasteiger partial charge on any atom is 0.248 e. The monoisotopic (exact) mass is 302 g/mol. The van der Waals surface area contributed by atoms with E-state index in [1.165, 1.54) is 6.33 Å². The standard InChI is InChI=1S/C16H22N4O2/c1-4-20(5-6-21)15-14(17)16(19-10-18-15)22-13-8-11(2)7-12(3)9-13/h7-10,21H,4-6,17H2,1-3H3. The van der Waals surface area contributed by atoms with E-state index in [1.54, 1.807) is 0 Å². The van der Waals surface area contributed by atoms with Gasteiger partial charge in [0.05, 0.1) is 6.61 Å². The Balaban J connectivity index is 2.32. The van der Waals surface area contributed by atoms with Gasteiger partial charge in [-0.3, -0.25) is 0 Å². The Labute approximate surface area is 130 Å². The third-order valence-corrected chi connectivity index (χ3v) is 3.29. The van der Waals surface area contributed by atoms with E-state index in [4.69, 9.17) is 15.6 Å². The molecule has 118 valence electrons. The first-order chi connectivity index (χ1) is 10.5. The number of ether oxygens (including phenoxy) is 1. The van der Waals surface area contributed by atoms with Gasteiger partial charge in [-0.1, -0.05) is 6.07 Å². The van der Waals surface area contributed by atoms with Gasteiger partial charge in [0.25, 0.3) is 0 Å². The smallest absolute Gasteiger partial charge is 0.248 e. The van der Waals surface area contributed by atoms with Gasteiger partial charge in [-0.2, -0.15) is 4.98 Å². The highest BCUT2D eigenvalue weighted by Gasteiger charge is 2.15. The van der Waals surface area contributed by atoms with E-state index in [2.05, 4.69) is 16.0 Å². The Kier molecular flexibility index (Phi) is 5.16. The van der Waals surface area contributed by atoms with Crippen LogP contribution in [0.3, 0.4) is 0 Å². The first-order valence-corrected chi connectivity index (χ1v) is 7.27. The minimum atomic E-state index is 0.0323. The largest absolute Gasteiger partial charge is 0.437 e. The summed E-state index contributed by atoms with van der Waals surface area (Å²) in [6.07, 6.45) is 1.42. The fourth-order valence-corrected chi connectivity index (χ4v) is 2.34. The van der Waals surface area contributed by atoms with Crippen LogP contribution in [0.4, 0.5) is 11.5 Å². The Morgan fingerprint density at radius 2 is 1.86 bits per heavy atom. The number of aromatic nitrogens is 2. The number of rotatable bonds is 6. The third-order valence-electron chi connectivity index (χ3n) is 3.29. The molecule has 0 fully saturated rings. The fraction of sp³-hybridized carbons (Fsp3) is 0.375. The first kappa shape index (κ1) is 16.0. The van der Waals surface area contributed by atoms with Crippen LogP contribution in [-0.2, 0) is 0 Å². The number of nitrogens with zero attached hydrogens (tertiary/aromatic N) is 3. The number of aryl methyl sites for hydroxylation is 2. The van der Waals surface area contributed by atoms with Crippen LogP contribution >= 0.6 is 0 Å². The second kappa shape index (κ2) is 7.09. The number of benzene rings is 1. The molecule has 22 heavy (non-hydrogen) atoms. The van der Waals surface area contributed by atoms with Crippen LogP contribution in [0.2, 0.25) is 0 Å². The van der Waals surface area contributed by atoms with E-state index >= 15 is 0 Å². The first-order valence-electron chi connectivity index (χ1n) is 7.27. The van der Waals surface area contributed by atoms with Gasteiger partial charge in [0, 0.05) is 13.1 Å². The normalized spacial score (nSPS) is 10.5. The molecule has 0 radical (unpaired) electrons. The molecular weight excluding hydrogens is 280 g/mol. The summed E-state index contributed by atoms with van der Waals surface area (Å²) in [6.45, 7) is 7.17. The van der Waals surface area contributed by atoms with Crippen LogP contribution in [0, 0.1) is 13.8 Å². The average Bonchev–Trinajstić information content (AvgIpc) is 2.46. The van der Waals surface area contributed by atoms with E-state index in [1.807, 2.05) is 37.8 Å². The van der Waals surface area contributed by atoms with Crippen LogP contribution in [-0.4, -0.2) is 34.8 Å². The predicted octanol–water partition coefficient (Wildman–Crippen LogP) is 2.29.